The van der Waals surface area contributed by atoms with Gasteiger partial charge in [-0.15, -0.1) is 12.4 Å². The van der Waals surface area contributed by atoms with E-state index in [9.17, 15) is 4.79 Å². The van der Waals surface area contributed by atoms with Gasteiger partial charge in [-0.25, -0.2) is 0 Å². The van der Waals surface area contributed by atoms with Crippen molar-refractivity contribution in [2.75, 3.05) is 13.1 Å². The third kappa shape index (κ3) is 4.83. The smallest absolute Gasteiger partial charge is 0.251 e. The zero-order chi connectivity index (χ0) is 17.1. The summed E-state index contributed by atoms with van der Waals surface area (Å²) in [7, 11) is 0. The van der Waals surface area contributed by atoms with Crippen molar-refractivity contribution in [1.82, 2.24) is 20.4 Å². The average molecular weight is 363 g/mol. The first kappa shape index (κ1) is 19.5. The second-order valence-electron chi connectivity index (χ2n) is 6.84. The van der Waals surface area contributed by atoms with E-state index in [0.29, 0.717) is 12.5 Å². The van der Waals surface area contributed by atoms with Crippen molar-refractivity contribution in [3.05, 3.63) is 52.8 Å². The van der Waals surface area contributed by atoms with Crippen LogP contribution >= 0.6 is 12.4 Å². The van der Waals surface area contributed by atoms with Crippen molar-refractivity contribution < 1.29 is 4.79 Å². The van der Waals surface area contributed by atoms with Gasteiger partial charge in [0.05, 0.1) is 12.2 Å². The Morgan fingerprint density at radius 2 is 2.16 bits per heavy atom. The number of piperidine rings is 1. The number of benzene rings is 1. The number of amides is 1. The molecule has 6 heteroatoms. The number of hydrogen-bond acceptors (Lipinski definition) is 3. The van der Waals surface area contributed by atoms with E-state index in [-0.39, 0.29) is 24.4 Å². The van der Waals surface area contributed by atoms with Gasteiger partial charge >= 0.3 is 0 Å². The van der Waals surface area contributed by atoms with Crippen molar-refractivity contribution in [2.24, 2.45) is 5.92 Å². The molecule has 5 nitrogen and oxygen atoms in total. The summed E-state index contributed by atoms with van der Waals surface area (Å²) in [5.74, 6) is 0.476. The normalized spacial score (nSPS) is 20.0. The van der Waals surface area contributed by atoms with Crippen LogP contribution in [0.1, 0.15) is 40.7 Å². The molecule has 1 saturated heterocycles. The highest BCUT2D eigenvalue weighted by atomic mass is 35.5. The number of hydrogen-bond donors (Lipinski definition) is 2. The number of nitrogens with zero attached hydrogens (tertiary/aromatic N) is 2. The summed E-state index contributed by atoms with van der Waals surface area (Å²) in [5, 5.41) is 11.0. The summed E-state index contributed by atoms with van der Waals surface area (Å²) in [6.07, 6.45) is 0.984. The largest absolute Gasteiger partial charge is 0.349 e. The fourth-order valence-corrected chi connectivity index (χ4v) is 3.30. The zero-order valence-electron chi connectivity index (χ0n) is 15.1. The molecule has 0 bridgehead atoms. The van der Waals surface area contributed by atoms with Crippen molar-refractivity contribution in [2.45, 2.75) is 39.8 Å². The van der Waals surface area contributed by atoms with E-state index in [1.807, 2.05) is 35.9 Å². The fourth-order valence-electron chi connectivity index (χ4n) is 3.30. The van der Waals surface area contributed by atoms with Crippen LogP contribution in [0.15, 0.2) is 30.3 Å². The van der Waals surface area contributed by atoms with Crippen LogP contribution in [0.2, 0.25) is 0 Å². The third-order valence-corrected chi connectivity index (χ3v) is 4.73. The topological polar surface area (TPSA) is 59.0 Å². The van der Waals surface area contributed by atoms with Crippen molar-refractivity contribution in [1.29, 1.82) is 0 Å². The number of rotatable bonds is 4. The maximum atomic E-state index is 12.6. The summed E-state index contributed by atoms with van der Waals surface area (Å²) in [5.41, 5.74) is 3.96. The maximum Gasteiger partial charge on any atom is 0.251 e. The van der Waals surface area contributed by atoms with Crippen LogP contribution < -0.4 is 10.6 Å². The predicted molar refractivity (Wildman–Crippen MR) is 102 cm³/mol. The summed E-state index contributed by atoms with van der Waals surface area (Å²) in [6, 6.07) is 10.2. The molecule has 1 amide bonds. The van der Waals surface area contributed by atoms with E-state index in [4.69, 9.17) is 0 Å². The molecule has 2 unspecified atom stereocenters. The van der Waals surface area contributed by atoms with Gasteiger partial charge in [0.25, 0.3) is 5.91 Å². The van der Waals surface area contributed by atoms with Crippen LogP contribution in [0, 0.1) is 19.8 Å². The average Bonchev–Trinajstić information content (AvgIpc) is 2.87. The molecule has 2 N–H and O–H groups in total. The van der Waals surface area contributed by atoms with Gasteiger partial charge in [-0.2, -0.15) is 5.10 Å². The molecule has 136 valence electrons. The molecule has 3 rings (SSSR count). The summed E-state index contributed by atoms with van der Waals surface area (Å²) in [6.45, 7) is 8.83. The molecule has 1 aromatic heterocycles. The van der Waals surface area contributed by atoms with E-state index in [1.165, 1.54) is 0 Å². The van der Waals surface area contributed by atoms with Gasteiger partial charge in [0.15, 0.2) is 0 Å². The Labute approximate surface area is 155 Å². The van der Waals surface area contributed by atoms with Gasteiger partial charge < -0.3 is 10.6 Å². The van der Waals surface area contributed by atoms with Gasteiger partial charge in [0, 0.05) is 17.3 Å². The van der Waals surface area contributed by atoms with Crippen LogP contribution in [0.25, 0.3) is 0 Å². The highest BCUT2D eigenvalue weighted by Crippen LogP contribution is 2.13. The first-order valence-electron chi connectivity index (χ1n) is 8.64. The molecule has 1 aliphatic rings. The molecule has 0 spiro atoms. The van der Waals surface area contributed by atoms with E-state index < -0.39 is 0 Å². The fraction of sp³-hybridized carbons (Fsp3) is 0.474. The Bertz CT molecular complexity index is 728. The van der Waals surface area contributed by atoms with Gasteiger partial charge in [0.2, 0.25) is 0 Å². The van der Waals surface area contributed by atoms with Crippen molar-refractivity contribution >= 4 is 18.3 Å². The molecule has 25 heavy (non-hydrogen) atoms. The van der Waals surface area contributed by atoms with E-state index >= 15 is 0 Å². The lowest BCUT2D eigenvalue weighted by Gasteiger charge is -2.30. The highest BCUT2D eigenvalue weighted by Gasteiger charge is 2.23. The second kappa shape index (κ2) is 8.50. The minimum Gasteiger partial charge on any atom is -0.349 e. The van der Waals surface area contributed by atoms with Crippen LogP contribution in [0.3, 0.4) is 0 Å². The molecule has 0 saturated carbocycles. The van der Waals surface area contributed by atoms with Crippen molar-refractivity contribution in [3.8, 4) is 0 Å². The first-order chi connectivity index (χ1) is 11.5. The molecule has 2 aromatic rings. The molecule has 1 aromatic carbocycles. The number of nitrogens with one attached hydrogen (secondary N) is 2. The lowest BCUT2D eigenvalue weighted by Crippen LogP contribution is -2.48. The summed E-state index contributed by atoms with van der Waals surface area (Å²) in [4.78, 5) is 12.6. The van der Waals surface area contributed by atoms with E-state index in [1.54, 1.807) is 0 Å². The van der Waals surface area contributed by atoms with Crippen LogP contribution in [-0.4, -0.2) is 34.8 Å². The second-order valence-corrected chi connectivity index (χ2v) is 6.84. The van der Waals surface area contributed by atoms with Gasteiger partial charge in [0.1, 0.15) is 0 Å². The first-order valence-corrected chi connectivity index (χ1v) is 8.64. The Kier molecular flexibility index (Phi) is 6.62. The molecule has 2 heterocycles. The monoisotopic (exact) mass is 362 g/mol. The van der Waals surface area contributed by atoms with Gasteiger partial charge in [-0.1, -0.05) is 19.1 Å². The number of halogens is 1. The highest BCUT2D eigenvalue weighted by molar-refractivity contribution is 5.94. The SMILES string of the molecule is Cc1cc(C)n(Cc2cccc(C(=O)NC3CCNCC3C)c2)n1.Cl. The number of aromatic nitrogens is 2. The van der Waals surface area contributed by atoms with E-state index in [0.717, 1.165) is 42.0 Å². The molecule has 0 aliphatic carbocycles. The standard InChI is InChI=1S/C19H26N4O.ClH/c1-13-11-20-8-7-18(13)21-19(24)17-6-4-5-16(10-17)12-23-15(3)9-14(2)22-23;/h4-6,9-10,13,18,20H,7-8,11-12H2,1-3H3,(H,21,24);1H. The van der Waals surface area contributed by atoms with Gasteiger partial charge in [-0.05, 0) is 63.0 Å². The third-order valence-electron chi connectivity index (χ3n) is 4.73. The Morgan fingerprint density at radius 3 is 2.84 bits per heavy atom. The lowest BCUT2D eigenvalue weighted by molar-refractivity contribution is 0.0914. The van der Waals surface area contributed by atoms with Crippen LogP contribution in [-0.2, 0) is 6.54 Å². The Hall–Kier alpha value is -1.85. The molecule has 1 aliphatic heterocycles. The molecular formula is C19H27ClN4O. The molecular weight excluding hydrogens is 336 g/mol. The Morgan fingerprint density at radius 1 is 1.36 bits per heavy atom. The lowest BCUT2D eigenvalue weighted by atomic mass is 9.95. The molecule has 0 radical (unpaired) electrons. The zero-order valence-corrected chi connectivity index (χ0v) is 15.9. The van der Waals surface area contributed by atoms with E-state index in [2.05, 4.69) is 35.6 Å². The number of carbonyl (C=O) groups is 1. The summed E-state index contributed by atoms with van der Waals surface area (Å²) >= 11 is 0. The quantitative estimate of drug-likeness (QED) is 0.879. The number of carbonyl (C=O) groups excluding carboxylic acids is 1. The minimum atomic E-state index is 0. The van der Waals surface area contributed by atoms with Crippen LogP contribution in [0.4, 0.5) is 0 Å². The Balaban J connectivity index is 0.00000225. The molecule has 2 atom stereocenters. The van der Waals surface area contributed by atoms with Crippen LogP contribution in [0.5, 0.6) is 0 Å². The minimum absolute atomic E-state index is 0. The van der Waals surface area contributed by atoms with Crippen molar-refractivity contribution in [3.63, 3.8) is 0 Å². The van der Waals surface area contributed by atoms with Gasteiger partial charge in [-0.3, -0.25) is 9.48 Å². The maximum absolute atomic E-state index is 12.6. The summed E-state index contributed by atoms with van der Waals surface area (Å²) < 4.78 is 1.97. The molecule has 1 fully saturated rings. The number of aryl methyl sites for hydroxylation is 2. The predicted octanol–water partition coefficient (Wildman–Crippen LogP) is 2.70.